The van der Waals surface area contributed by atoms with E-state index in [4.69, 9.17) is 12.5 Å². The summed E-state index contributed by atoms with van der Waals surface area (Å²) >= 11 is 0. The highest BCUT2D eigenvalue weighted by molar-refractivity contribution is 8.00. The van der Waals surface area contributed by atoms with Crippen molar-refractivity contribution in [2.45, 2.75) is 32.4 Å². The molecule has 0 aromatic carbocycles. The Morgan fingerprint density at radius 1 is 1.35 bits per heavy atom. The van der Waals surface area contributed by atoms with Gasteiger partial charge in [0.25, 0.3) is 0 Å². The SMILES string of the molecule is [B]N(C)CC(=O)NC(CC(=O)OPP)C(=O)NC(C)C. The molecule has 20 heavy (non-hydrogen) atoms. The molecule has 0 aromatic heterocycles. The van der Waals surface area contributed by atoms with Crippen LogP contribution >= 0.6 is 17.4 Å². The molecule has 0 aromatic rings. The first-order valence-electron chi connectivity index (χ1n) is 5.97. The van der Waals surface area contributed by atoms with Crippen LogP contribution in [-0.4, -0.2) is 56.3 Å². The molecule has 2 N–H and O–H groups in total. The summed E-state index contributed by atoms with van der Waals surface area (Å²) in [5.41, 5.74) is 0. The van der Waals surface area contributed by atoms with Crippen LogP contribution in [-0.2, 0) is 18.9 Å². The second kappa shape index (κ2) is 10.1. The fourth-order valence-corrected chi connectivity index (χ4v) is 1.94. The number of nitrogens with one attached hydrogen (secondary N) is 2. The number of hydrogen-bond donors (Lipinski definition) is 2. The number of amides is 2. The first kappa shape index (κ1) is 19.3. The summed E-state index contributed by atoms with van der Waals surface area (Å²) in [6.07, 6.45) is -0.222. The standard InChI is InChI=1S/C10H20BN3O4P2/c1-6(2)12-10(17)7(4-9(16)18-20-19)13-8(15)5-14(3)11/h6-7,20H,4-5,19H2,1-3H3,(H,12,17)(H,13,15). The van der Waals surface area contributed by atoms with Crippen LogP contribution in [0, 0.1) is 0 Å². The van der Waals surface area contributed by atoms with Gasteiger partial charge in [0.2, 0.25) is 11.8 Å². The number of hydrogen-bond acceptors (Lipinski definition) is 5. The summed E-state index contributed by atoms with van der Waals surface area (Å²) < 4.78 is 4.78. The molecule has 3 unspecified atom stereocenters. The van der Waals surface area contributed by atoms with E-state index in [1.807, 2.05) is 0 Å². The van der Waals surface area contributed by atoms with Gasteiger partial charge in [-0.1, -0.05) is 8.93 Å². The average molecular weight is 319 g/mol. The van der Waals surface area contributed by atoms with Crippen LogP contribution in [0.4, 0.5) is 0 Å². The second-order valence-corrected chi connectivity index (χ2v) is 5.64. The first-order chi connectivity index (χ1) is 9.26. The molecular formula is C10H20BN3O4P2. The summed E-state index contributed by atoms with van der Waals surface area (Å²) in [6, 6.07) is -1.07. The van der Waals surface area contributed by atoms with Gasteiger partial charge in [-0.2, -0.15) is 0 Å². The van der Waals surface area contributed by atoms with Crippen molar-refractivity contribution in [1.29, 1.82) is 0 Å². The Hall–Kier alpha value is -0.705. The summed E-state index contributed by atoms with van der Waals surface area (Å²) in [7, 11) is 9.05. The van der Waals surface area contributed by atoms with Crippen molar-refractivity contribution >= 4 is 43.2 Å². The van der Waals surface area contributed by atoms with Crippen LogP contribution in [0.5, 0.6) is 0 Å². The quantitative estimate of drug-likeness (QED) is 0.458. The van der Waals surface area contributed by atoms with Crippen LogP contribution < -0.4 is 10.6 Å². The van der Waals surface area contributed by atoms with Crippen LogP contribution in [0.15, 0.2) is 0 Å². The number of carbonyl (C=O) groups is 3. The Kier molecular flexibility index (Phi) is 9.73. The van der Waals surface area contributed by atoms with Crippen molar-refractivity contribution in [3.8, 4) is 0 Å². The number of carbonyl (C=O) groups excluding carboxylic acids is 3. The Bertz CT molecular complexity index is 355. The Morgan fingerprint density at radius 2 is 1.95 bits per heavy atom. The molecule has 0 rings (SSSR count). The van der Waals surface area contributed by atoms with E-state index in [0.717, 1.165) is 0 Å². The number of nitrogens with zero attached hydrogens (tertiary/aromatic N) is 1. The van der Waals surface area contributed by atoms with Gasteiger partial charge < -0.3 is 20.0 Å². The maximum atomic E-state index is 11.9. The topological polar surface area (TPSA) is 87.7 Å². The zero-order chi connectivity index (χ0) is 15.7. The van der Waals surface area contributed by atoms with Crippen molar-refractivity contribution in [3.05, 3.63) is 0 Å². The van der Waals surface area contributed by atoms with Gasteiger partial charge in [0, 0.05) is 6.04 Å². The highest BCUT2D eigenvalue weighted by Crippen LogP contribution is 2.22. The lowest BCUT2D eigenvalue weighted by Crippen LogP contribution is -2.51. The smallest absolute Gasteiger partial charge is 0.311 e. The lowest BCUT2D eigenvalue weighted by molar-refractivity contribution is -0.138. The maximum absolute atomic E-state index is 11.9. The average Bonchev–Trinajstić information content (AvgIpc) is 2.26. The fourth-order valence-electron chi connectivity index (χ4n) is 1.33. The predicted octanol–water partition coefficient (Wildman–Crippen LogP) is -0.672. The molecule has 7 nitrogen and oxygen atoms in total. The predicted molar refractivity (Wildman–Crippen MR) is 82.3 cm³/mol. The third-order valence-electron chi connectivity index (χ3n) is 2.02. The Morgan fingerprint density at radius 3 is 2.40 bits per heavy atom. The fraction of sp³-hybridized carbons (Fsp3) is 0.700. The number of likely N-dealkylation sites (N-methyl/N-ethyl adjacent to an activating group) is 1. The van der Waals surface area contributed by atoms with Crippen LogP contribution in [0.25, 0.3) is 0 Å². The molecule has 10 heteroatoms. The van der Waals surface area contributed by atoms with Crippen LogP contribution in [0.2, 0.25) is 0 Å². The van der Waals surface area contributed by atoms with Gasteiger partial charge in [0.05, 0.1) is 21.5 Å². The molecule has 0 spiro atoms. The normalized spacial score (nSPS) is 12.7. The van der Waals surface area contributed by atoms with Crippen molar-refractivity contribution in [1.82, 2.24) is 15.4 Å². The van der Waals surface area contributed by atoms with Gasteiger partial charge in [-0.25, -0.2) is 0 Å². The minimum atomic E-state index is -0.973. The molecule has 0 fully saturated rings. The van der Waals surface area contributed by atoms with Crippen LogP contribution in [0.3, 0.4) is 0 Å². The van der Waals surface area contributed by atoms with E-state index in [1.165, 1.54) is 11.9 Å². The van der Waals surface area contributed by atoms with Crippen molar-refractivity contribution in [2.75, 3.05) is 13.6 Å². The third kappa shape index (κ3) is 9.24. The lowest BCUT2D eigenvalue weighted by atomic mass is 10.1. The Labute approximate surface area is 124 Å². The molecule has 0 saturated carbocycles. The molecule has 0 bridgehead atoms. The zero-order valence-corrected chi connectivity index (χ0v) is 14.0. The molecule has 2 radical (unpaired) electrons. The molecule has 0 saturated heterocycles. The van der Waals surface area contributed by atoms with E-state index >= 15 is 0 Å². The molecule has 0 aliphatic rings. The highest BCUT2D eigenvalue weighted by Gasteiger charge is 2.25. The van der Waals surface area contributed by atoms with E-state index in [-0.39, 0.29) is 27.5 Å². The maximum Gasteiger partial charge on any atom is 0.311 e. The first-order valence-corrected chi connectivity index (χ1v) is 8.68. The van der Waals surface area contributed by atoms with Gasteiger partial charge >= 0.3 is 5.97 Å². The Balaban J connectivity index is 4.65. The highest BCUT2D eigenvalue weighted by atomic mass is 32.0. The van der Waals surface area contributed by atoms with E-state index in [2.05, 4.69) is 19.6 Å². The molecule has 0 aliphatic carbocycles. The van der Waals surface area contributed by atoms with Crippen molar-refractivity contribution in [3.63, 3.8) is 0 Å². The van der Waals surface area contributed by atoms with E-state index in [9.17, 15) is 14.4 Å². The summed E-state index contributed by atoms with van der Waals surface area (Å²) in [5.74, 6) is -1.43. The summed E-state index contributed by atoms with van der Waals surface area (Å²) in [4.78, 5) is 36.2. The van der Waals surface area contributed by atoms with Gasteiger partial charge in [-0.15, -0.1) is 0 Å². The van der Waals surface area contributed by atoms with Crippen LogP contribution in [0.1, 0.15) is 20.3 Å². The van der Waals surface area contributed by atoms with E-state index in [0.29, 0.717) is 0 Å². The second-order valence-electron chi connectivity index (χ2n) is 4.49. The van der Waals surface area contributed by atoms with Gasteiger partial charge in [-0.05, 0) is 20.9 Å². The monoisotopic (exact) mass is 319 g/mol. The summed E-state index contributed by atoms with van der Waals surface area (Å²) in [5, 5.41) is 5.11. The van der Waals surface area contributed by atoms with Crippen molar-refractivity contribution in [2.24, 2.45) is 0 Å². The van der Waals surface area contributed by atoms with Crippen molar-refractivity contribution < 1.29 is 18.9 Å². The van der Waals surface area contributed by atoms with E-state index in [1.54, 1.807) is 13.8 Å². The van der Waals surface area contributed by atoms with Gasteiger partial charge in [-0.3, -0.25) is 14.4 Å². The van der Waals surface area contributed by atoms with E-state index < -0.39 is 23.8 Å². The largest absolute Gasteiger partial charge is 0.444 e. The molecular weight excluding hydrogens is 299 g/mol. The number of rotatable bonds is 8. The molecule has 0 aliphatic heterocycles. The summed E-state index contributed by atoms with van der Waals surface area (Å²) in [6.45, 7) is 3.49. The zero-order valence-electron chi connectivity index (χ0n) is 11.8. The van der Waals surface area contributed by atoms with Gasteiger partial charge in [0.1, 0.15) is 6.04 Å². The molecule has 2 amide bonds. The lowest BCUT2D eigenvalue weighted by Gasteiger charge is -2.20. The minimum Gasteiger partial charge on any atom is -0.444 e. The third-order valence-corrected chi connectivity index (χ3v) is 2.72. The molecule has 3 atom stereocenters. The van der Waals surface area contributed by atoms with Gasteiger partial charge in [0.15, 0.2) is 7.98 Å². The minimum absolute atomic E-state index is 0.0775. The molecule has 0 heterocycles. The molecule has 112 valence electrons.